The van der Waals surface area contributed by atoms with Crippen LogP contribution in [-0.2, 0) is 16.5 Å². The van der Waals surface area contributed by atoms with Crippen molar-refractivity contribution in [3.8, 4) is 17.2 Å². The summed E-state index contributed by atoms with van der Waals surface area (Å²) in [4.78, 5) is -0.635. The summed E-state index contributed by atoms with van der Waals surface area (Å²) in [6.07, 6.45) is 5.97. The fraction of sp³-hybridized carbons (Fsp3) is 0.368. The van der Waals surface area contributed by atoms with Gasteiger partial charge in [-0.15, -0.1) is 0 Å². The second kappa shape index (κ2) is 11.4. The molecule has 2 aromatic carbocycles. The molecule has 0 radical (unpaired) electrons. The van der Waals surface area contributed by atoms with Crippen LogP contribution < -0.4 is 61.2 Å². The number of ether oxygens (including phenoxy) is 1. The number of para-hydroxylation sites is 1. The molecule has 5 nitrogen and oxygen atoms in total. The molecule has 0 saturated carbocycles. The van der Waals surface area contributed by atoms with E-state index >= 15 is 0 Å². The Hall–Kier alpha value is -0.414. The van der Waals surface area contributed by atoms with Crippen LogP contribution in [-0.4, -0.2) is 13.0 Å². The van der Waals surface area contributed by atoms with E-state index in [0.717, 1.165) is 32.1 Å². The smallest absolute Gasteiger partial charge is 0.869 e. The van der Waals surface area contributed by atoms with Crippen LogP contribution in [0.4, 0.5) is 0 Å². The average Bonchev–Trinajstić information content (AvgIpc) is 2.57. The predicted molar refractivity (Wildman–Crippen MR) is 94.7 cm³/mol. The molecule has 0 fully saturated rings. The van der Waals surface area contributed by atoms with Crippen LogP contribution in [0.5, 0.6) is 17.2 Å². The summed E-state index contributed by atoms with van der Waals surface area (Å²) in [6, 6.07) is 11.5. The Morgan fingerprint density at radius 3 is 2.31 bits per heavy atom. The molecule has 26 heavy (non-hydrogen) atoms. The van der Waals surface area contributed by atoms with Gasteiger partial charge in [0.25, 0.3) is 10.1 Å². The van der Waals surface area contributed by atoms with Crippen LogP contribution in [0.25, 0.3) is 0 Å². The molecular formula is C19H23KO5S. The molecule has 2 rings (SSSR count). The normalized spacial score (nSPS) is 11.0. The Morgan fingerprint density at radius 2 is 1.69 bits per heavy atom. The van der Waals surface area contributed by atoms with E-state index < -0.39 is 20.8 Å². The zero-order valence-electron chi connectivity index (χ0n) is 15.3. The van der Waals surface area contributed by atoms with Crippen molar-refractivity contribution in [2.75, 3.05) is 0 Å². The van der Waals surface area contributed by atoms with Crippen molar-refractivity contribution in [1.82, 2.24) is 0 Å². The molecule has 0 spiro atoms. The Bertz CT molecular complexity index is 791. The first-order valence-corrected chi connectivity index (χ1v) is 9.90. The molecule has 0 amide bonds. The predicted octanol–water partition coefficient (Wildman–Crippen LogP) is 1.32. The average molecular weight is 403 g/mol. The van der Waals surface area contributed by atoms with Gasteiger partial charge >= 0.3 is 51.4 Å². The van der Waals surface area contributed by atoms with Gasteiger partial charge in [0.05, 0.1) is 4.90 Å². The molecule has 0 bridgehead atoms. The maximum atomic E-state index is 12.3. The summed E-state index contributed by atoms with van der Waals surface area (Å²) < 4.78 is 37.9. The van der Waals surface area contributed by atoms with Crippen LogP contribution in [0, 0.1) is 0 Å². The molecule has 0 aliphatic carbocycles. The molecule has 1 N–H and O–H groups in total. The van der Waals surface area contributed by atoms with Gasteiger partial charge in [-0.05, 0) is 48.4 Å². The van der Waals surface area contributed by atoms with Crippen molar-refractivity contribution in [2.24, 2.45) is 0 Å². The maximum Gasteiger partial charge on any atom is 1.00 e. The molecule has 7 heteroatoms. The molecule has 0 aliphatic heterocycles. The molecular weight excluding hydrogens is 379 g/mol. The third kappa shape index (κ3) is 7.30. The van der Waals surface area contributed by atoms with Gasteiger partial charge in [0.2, 0.25) is 0 Å². The van der Waals surface area contributed by atoms with E-state index in [1.165, 1.54) is 6.07 Å². The van der Waals surface area contributed by atoms with E-state index in [1.54, 1.807) is 36.4 Å². The minimum absolute atomic E-state index is 0. The minimum Gasteiger partial charge on any atom is -0.869 e. The largest absolute Gasteiger partial charge is 1.00 e. The second-order valence-electron chi connectivity index (χ2n) is 5.98. The number of unbranched alkanes of at least 4 members (excludes halogenated alkanes) is 4. The van der Waals surface area contributed by atoms with Gasteiger partial charge in [0.1, 0.15) is 11.5 Å². The summed E-state index contributed by atoms with van der Waals surface area (Å²) in [7, 11) is -4.60. The molecule has 136 valence electrons. The molecule has 0 atom stereocenters. The van der Waals surface area contributed by atoms with Gasteiger partial charge in [0.15, 0.2) is 0 Å². The molecule has 0 saturated heterocycles. The summed E-state index contributed by atoms with van der Waals surface area (Å²) >= 11 is 0. The van der Waals surface area contributed by atoms with Crippen molar-refractivity contribution >= 4 is 10.1 Å². The van der Waals surface area contributed by atoms with Crippen molar-refractivity contribution in [2.45, 2.75) is 50.3 Å². The molecule has 0 heterocycles. The topological polar surface area (TPSA) is 86.7 Å². The first kappa shape index (κ1) is 23.6. The number of rotatable bonds is 9. The Balaban J connectivity index is 0.00000338. The number of hydrogen-bond acceptors (Lipinski definition) is 4. The Kier molecular flexibility index (Phi) is 10.4. The van der Waals surface area contributed by atoms with Crippen LogP contribution in [0.1, 0.15) is 44.6 Å². The van der Waals surface area contributed by atoms with E-state index in [2.05, 4.69) is 6.92 Å². The van der Waals surface area contributed by atoms with Gasteiger partial charge in [0, 0.05) is 0 Å². The SMILES string of the molecule is CCCCCCCc1cc(Oc2ccccc2)c([O-])c(S(=O)(=O)O)c1.[K+]. The van der Waals surface area contributed by atoms with Gasteiger partial charge in [-0.2, -0.15) is 8.42 Å². The first-order valence-electron chi connectivity index (χ1n) is 8.46. The van der Waals surface area contributed by atoms with Crippen molar-refractivity contribution in [3.05, 3.63) is 48.0 Å². The zero-order chi connectivity index (χ0) is 18.3. The summed E-state index contributed by atoms with van der Waals surface area (Å²) in [5.74, 6) is -0.494. The molecule has 0 aliphatic rings. The van der Waals surface area contributed by atoms with E-state index in [9.17, 15) is 18.1 Å². The summed E-state index contributed by atoms with van der Waals surface area (Å²) in [6.45, 7) is 2.14. The molecule has 0 unspecified atom stereocenters. The Labute approximate surface area is 198 Å². The van der Waals surface area contributed by atoms with E-state index in [0.29, 0.717) is 17.7 Å². The first-order chi connectivity index (χ1) is 11.9. The van der Waals surface area contributed by atoms with Gasteiger partial charge in [-0.25, -0.2) is 0 Å². The summed E-state index contributed by atoms with van der Waals surface area (Å²) in [5.41, 5.74) is 0.662. The fourth-order valence-electron chi connectivity index (χ4n) is 2.59. The van der Waals surface area contributed by atoms with Crippen LogP contribution in [0.2, 0.25) is 0 Å². The summed E-state index contributed by atoms with van der Waals surface area (Å²) in [5, 5.41) is 12.3. The minimum atomic E-state index is -4.60. The van der Waals surface area contributed by atoms with Gasteiger partial charge < -0.3 is 9.84 Å². The maximum absolute atomic E-state index is 12.3. The fourth-order valence-corrected chi connectivity index (χ4v) is 3.23. The second-order valence-corrected chi connectivity index (χ2v) is 7.37. The number of benzene rings is 2. The van der Waals surface area contributed by atoms with Crippen molar-refractivity contribution < 1.29 is 74.2 Å². The molecule has 2 aromatic rings. The monoisotopic (exact) mass is 402 g/mol. The van der Waals surface area contributed by atoms with Crippen molar-refractivity contribution in [1.29, 1.82) is 0 Å². The van der Waals surface area contributed by atoms with Gasteiger partial charge in [-0.3, -0.25) is 4.55 Å². The van der Waals surface area contributed by atoms with Crippen LogP contribution in [0.3, 0.4) is 0 Å². The molecule has 0 aromatic heterocycles. The third-order valence-electron chi connectivity index (χ3n) is 3.90. The van der Waals surface area contributed by atoms with E-state index in [1.807, 2.05) is 0 Å². The standard InChI is InChI=1S/C19H24O5S.K/c1-2-3-4-5-7-10-15-13-17(24-16-11-8-6-9-12-16)19(20)18(14-15)25(21,22)23;/h6,8-9,11-14,20H,2-5,7,10H2,1H3,(H,21,22,23);/q;+1/p-1. The van der Waals surface area contributed by atoms with Gasteiger partial charge in [-0.1, -0.05) is 50.8 Å². The quantitative estimate of drug-likeness (QED) is 0.388. The third-order valence-corrected chi connectivity index (χ3v) is 4.76. The van der Waals surface area contributed by atoms with Crippen LogP contribution in [0.15, 0.2) is 47.4 Å². The van der Waals surface area contributed by atoms with E-state index in [4.69, 9.17) is 4.74 Å². The zero-order valence-corrected chi connectivity index (χ0v) is 19.2. The number of hydrogen-bond donors (Lipinski definition) is 1. The Morgan fingerprint density at radius 1 is 1.04 bits per heavy atom. The number of aryl methyl sites for hydroxylation is 1. The van der Waals surface area contributed by atoms with E-state index in [-0.39, 0.29) is 57.1 Å². The van der Waals surface area contributed by atoms with Crippen LogP contribution >= 0.6 is 0 Å². The van der Waals surface area contributed by atoms with Crippen molar-refractivity contribution in [3.63, 3.8) is 0 Å².